The molecule has 0 radical (unpaired) electrons. The van der Waals surface area contributed by atoms with Crippen LogP contribution in [0.2, 0.25) is 0 Å². The first-order valence-electron chi connectivity index (χ1n) is 9.06. The minimum atomic E-state index is 0.0634. The van der Waals surface area contributed by atoms with Gasteiger partial charge in [0.15, 0.2) is 0 Å². The van der Waals surface area contributed by atoms with Crippen molar-refractivity contribution >= 4 is 5.91 Å². The van der Waals surface area contributed by atoms with Crippen molar-refractivity contribution < 1.29 is 4.79 Å². The summed E-state index contributed by atoms with van der Waals surface area (Å²) in [6.45, 7) is 2.54. The van der Waals surface area contributed by atoms with Crippen molar-refractivity contribution in [3.8, 4) is 11.8 Å². The lowest BCUT2D eigenvalue weighted by molar-refractivity contribution is -0.133. The van der Waals surface area contributed by atoms with Gasteiger partial charge in [-0.2, -0.15) is 5.10 Å². The fraction of sp³-hybridized carbons (Fsp3) is 0.429. The van der Waals surface area contributed by atoms with Crippen LogP contribution in [0.3, 0.4) is 0 Å². The third kappa shape index (κ3) is 4.73. The van der Waals surface area contributed by atoms with Gasteiger partial charge in [-0.25, -0.2) is 0 Å². The van der Waals surface area contributed by atoms with Gasteiger partial charge in [-0.1, -0.05) is 42.9 Å². The summed E-state index contributed by atoms with van der Waals surface area (Å²) in [6, 6.07) is 12.2. The van der Waals surface area contributed by atoms with Crippen LogP contribution in [-0.4, -0.2) is 33.2 Å². The lowest BCUT2D eigenvalue weighted by Gasteiger charge is -2.28. The second kappa shape index (κ2) is 8.53. The highest BCUT2D eigenvalue weighted by Crippen LogP contribution is 2.25. The Bertz CT molecular complexity index is 722. The first-order chi connectivity index (χ1) is 12.2. The predicted octanol–water partition coefficient (Wildman–Crippen LogP) is 3.66. The average molecular weight is 335 g/mol. The molecule has 1 heterocycles. The first kappa shape index (κ1) is 17.3. The van der Waals surface area contributed by atoms with E-state index in [0.29, 0.717) is 19.0 Å². The number of hydrogen-bond acceptors (Lipinski definition) is 2. The molecule has 4 nitrogen and oxygen atoms in total. The summed E-state index contributed by atoms with van der Waals surface area (Å²) >= 11 is 0. The van der Waals surface area contributed by atoms with Crippen LogP contribution in [0.1, 0.15) is 50.6 Å². The lowest BCUT2D eigenvalue weighted by atomic mass is 10.1. The Hall–Kier alpha value is -2.54. The van der Waals surface area contributed by atoms with E-state index in [1.54, 1.807) is 6.20 Å². The predicted molar refractivity (Wildman–Crippen MR) is 98.8 cm³/mol. The zero-order chi connectivity index (χ0) is 17.5. The van der Waals surface area contributed by atoms with Gasteiger partial charge in [0.2, 0.25) is 5.91 Å². The Morgan fingerprint density at radius 3 is 2.72 bits per heavy atom. The van der Waals surface area contributed by atoms with Gasteiger partial charge in [-0.05, 0) is 38.0 Å². The molecule has 0 N–H and O–H groups in total. The van der Waals surface area contributed by atoms with Crippen LogP contribution in [0.5, 0.6) is 0 Å². The van der Waals surface area contributed by atoms with Crippen LogP contribution < -0.4 is 0 Å². The molecule has 3 rings (SSSR count). The topological polar surface area (TPSA) is 38.1 Å². The van der Waals surface area contributed by atoms with Crippen LogP contribution in [0, 0.1) is 11.8 Å². The van der Waals surface area contributed by atoms with Gasteiger partial charge < -0.3 is 4.90 Å². The molecule has 0 bridgehead atoms. The molecular weight excluding hydrogens is 310 g/mol. The van der Waals surface area contributed by atoms with E-state index in [1.165, 1.54) is 12.8 Å². The molecule has 1 aromatic carbocycles. The normalized spacial score (nSPS) is 15.4. The number of carbonyl (C=O) groups excluding carboxylic acids is 1. The zero-order valence-electron chi connectivity index (χ0n) is 14.8. The molecule has 1 atom stereocenters. The second-order valence-corrected chi connectivity index (χ2v) is 6.67. The number of carbonyl (C=O) groups is 1. The summed E-state index contributed by atoms with van der Waals surface area (Å²) < 4.78 is 1.85. The van der Waals surface area contributed by atoms with Gasteiger partial charge in [-0.15, -0.1) is 0 Å². The van der Waals surface area contributed by atoms with Crippen molar-refractivity contribution in [2.45, 2.75) is 51.1 Å². The molecule has 1 aliphatic rings. The van der Waals surface area contributed by atoms with Crippen molar-refractivity contribution in [2.24, 2.45) is 0 Å². The third-order valence-electron chi connectivity index (χ3n) is 4.79. The summed E-state index contributed by atoms with van der Waals surface area (Å²) in [5.41, 5.74) is 0.992. The highest BCUT2D eigenvalue weighted by Gasteiger charge is 2.27. The third-order valence-corrected chi connectivity index (χ3v) is 4.79. The number of rotatable bonds is 5. The van der Waals surface area contributed by atoms with Crippen LogP contribution in [-0.2, 0) is 4.79 Å². The van der Waals surface area contributed by atoms with Gasteiger partial charge in [0.25, 0.3) is 0 Å². The smallest absolute Gasteiger partial charge is 0.225 e. The number of aromatic nitrogens is 2. The van der Waals surface area contributed by atoms with E-state index in [1.807, 2.05) is 59.1 Å². The standard InChI is InChI=1S/C21H25N3O/c1-18(24-16-8-14-22-24)17-21(25)23(20-12-5-6-13-20)15-7-11-19-9-3-2-4-10-19/h2-4,8-10,14,16,18,20H,5-6,12-13,15,17H2,1H3/t18-/m0/s1. The minimum Gasteiger partial charge on any atom is -0.328 e. The van der Waals surface area contributed by atoms with Crippen LogP contribution in [0.4, 0.5) is 0 Å². The molecular formula is C21H25N3O. The van der Waals surface area contributed by atoms with Crippen LogP contribution in [0.15, 0.2) is 48.8 Å². The maximum absolute atomic E-state index is 12.9. The molecule has 2 aromatic rings. The molecule has 25 heavy (non-hydrogen) atoms. The van der Waals surface area contributed by atoms with E-state index < -0.39 is 0 Å². The van der Waals surface area contributed by atoms with Gasteiger partial charge in [0.1, 0.15) is 0 Å². The lowest BCUT2D eigenvalue weighted by Crippen LogP contribution is -2.40. The molecule has 0 spiro atoms. The molecule has 1 fully saturated rings. The number of amides is 1. The van der Waals surface area contributed by atoms with E-state index in [-0.39, 0.29) is 11.9 Å². The Balaban J connectivity index is 1.66. The number of hydrogen-bond donors (Lipinski definition) is 0. The molecule has 0 unspecified atom stereocenters. The fourth-order valence-corrected chi connectivity index (χ4v) is 3.39. The molecule has 1 aliphatic carbocycles. The van der Waals surface area contributed by atoms with Crippen LogP contribution in [0.25, 0.3) is 0 Å². The van der Waals surface area contributed by atoms with Gasteiger partial charge in [0.05, 0.1) is 12.6 Å². The summed E-state index contributed by atoms with van der Waals surface area (Å²) in [4.78, 5) is 14.9. The summed E-state index contributed by atoms with van der Waals surface area (Å²) in [5.74, 6) is 6.55. The Labute approximate surface area is 149 Å². The first-order valence-corrected chi connectivity index (χ1v) is 9.06. The average Bonchev–Trinajstić information content (AvgIpc) is 3.33. The van der Waals surface area contributed by atoms with Crippen LogP contribution >= 0.6 is 0 Å². The Morgan fingerprint density at radius 1 is 1.28 bits per heavy atom. The maximum atomic E-state index is 12.9. The quantitative estimate of drug-likeness (QED) is 0.782. The largest absolute Gasteiger partial charge is 0.328 e. The monoisotopic (exact) mass is 335 g/mol. The minimum absolute atomic E-state index is 0.0634. The molecule has 1 amide bonds. The number of nitrogens with zero attached hydrogens (tertiary/aromatic N) is 3. The highest BCUT2D eigenvalue weighted by molar-refractivity contribution is 5.77. The van der Waals surface area contributed by atoms with Crippen molar-refractivity contribution in [3.63, 3.8) is 0 Å². The van der Waals surface area contributed by atoms with Crippen molar-refractivity contribution in [1.82, 2.24) is 14.7 Å². The summed E-state index contributed by atoms with van der Waals surface area (Å²) in [5, 5.41) is 4.25. The molecule has 1 aromatic heterocycles. The molecule has 4 heteroatoms. The van der Waals surface area contributed by atoms with E-state index in [2.05, 4.69) is 16.9 Å². The van der Waals surface area contributed by atoms with Gasteiger partial charge in [-0.3, -0.25) is 9.48 Å². The fourth-order valence-electron chi connectivity index (χ4n) is 3.39. The van der Waals surface area contributed by atoms with E-state index in [4.69, 9.17) is 0 Å². The van der Waals surface area contributed by atoms with Crippen molar-refractivity contribution in [3.05, 3.63) is 54.4 Å². The molecule has 0 aliphatic heterocycles. The Morgan fingerprint density at radius 2 is 2.04 bits per heavy atom. The van der Waals surface area contributed by atoms with E-state index >= 15 is 0 Å². The maximum Gasteiger partial charge on any atom is 0.225 e. The summed E-state index contributed by atoms with van der Waals surface area (Å²) in [7, 11) is 0. The molecule has 1 saturated carbocycles. The summed E-state index contributed by atoms with van der Waals surface area (Å²) in [6.07, 6.45) is 8.72. The van der Waals surface area contributed by atoms with Crippen molar-refractivity contribution in [1.29, 1.82) is 0 Å². The molecule has 130 valence electrons. The Kier molecular flexibility index (Phi) is 5.90. The van der Waals surface area contributed by atoms with Gasteiger partial charge in [0, 0.05) is 30.4 Å². The number of benzene rings is 1. The van der Waals surface area contributed by atoms with Crippen molar-refractivity contribution in [2.75, 3.05) is 6.54 Å². The van der Waals surface area contributed by atoms with Gasteiger partial charge >= 0.3 is 0 Å². The highest BCUT2D eigenvalue weighted by atomic mass is 16.2. The second-order valence-electron chi connectivity index (χ2n) is 6.67. The van der Waals surface area contributed by atoms with E-state index in [0.717, 1.165) is 18.4 Å². The SMILES string of the molecule is C[C@@H](CC(=O)N(CC#Cc1ccccc1)C1CCCC1)n1cccn1. The van der Waals surface area contributed by atoms with E-state index in [9.17, 15) is 4.79 Å². The zero-order valence-corrected chi connectivity index (χ0v) is 14.8. The molecule has 0 saturated heterocycles.